The van der Waals surface area contributed by atoms with Crippen molar-refractivity contribution in [2.45, 2.75) is 30.3 Å². The summed E-state index contributed by atoms with van der Waals surface area (Å²) >= 11 is 0. The standard InChI is InChI=1S/C19H24N2O3S/c1-19(2)12-25(23,24)17-10-7-14(21(3)4)11-16(17)18(20-19)13-5-8-15(22)9-6-13/h5-11,18,20,22H,12H2,1-4H3. The fraction of sp³-hybridized carbons (Fsp3) is 0.368. The van der Waals surface area contributed by atoms with Gasteiger partial charge in [-0.2, -0.15) is 0 Å². The highest BCUT2D eigenvalue weighted by atomic mass is 32.2. The molecule has 1 aliphatic heterocycles. The highest BCUT2D eigenvalue weighted by Crippen LogP contribution is 2.37. The Bertz CT molecular complexity index is 887. The molecule has 2 aromatic rings. The summed E-state index contributed by atoms with van der Waals surface area (Å²) in [5.41, 5.74) is 2.01. The zero-order chi connectivity index (χ0) is 18.4. The topological polar surface area (TPSA) is 69.6 Å². The van der Waals surface area contributed by atoms with Gasteiger partial charge in [0.25, 0.3) is 0 Å². The maximum atomic E-state index is 12.9. The molecule has 1 heterocycles. The SMILES string of the molecule is CN(C)c1ccc2c(c1)C(c1ccc(O)cc1)NC(C)(C)CS2(=O)=O. The minimum absolute atomic E-state index is 0.0306. The van der Waals surface area contributed by atoms with E-state index in [9.17, 15) is 13.5 Å². The van der Waals surface area contributed by atoms with Gasteiger partial charge in [0.2, 0.25) is 0 Å². The van der Waals surface area contributed by atoms with Gasteiger partial charge >= 0.3 is 0 Å². The lowest BCUT2D eigenvalue weighted by Gasteiger charge is -2.29. The second kappa shape index (κ2) is 6.04. The summed E-state index contributed by atoms with van der Waals surface area (Å²) in [7, 11) is 0.453. The molecule has 0 bridgehead atoms. The van der Waals surface area contributed by atoms with E-state index in [1.807, 2.05) is 57.1 Å². The van der Waals surface area contributed by atoms with Crippen LogP contribution in [-0.4, -0.2) is 38.9 Å². The minimum Gasteiger partial charge on any atom is -0.508 e. The van der Waals surface area contributed by atoms with Crippen molar-refractivity contribution in [2.24, 2.45) is 0 Å². The molecule has 0 fully saturated rings. The first-order valence-electron chi connectivity index (χ1n) is 8.20. The first kappa shape index (κ1) is 17.8. The van der Waals surface area contributed by atoms with Crippen LogP contribution in [0.3, 0.4) is 0 Å². The van der Waals surface area contributed by atoms with Crippen molar-refractivity contribution in [3.63, 3.8) is 0 Å². The van der Waals surface area contributed by atoms with Crippen LogP contribution in [0.5, 0.6) is 5.75 Å². The van der Waals surface area contributed by atoms with Gasteiger partial charge in [-0.15, -0.1) is 0 Å². The summed E-state index contributed by atoms with van der Waals surface area (Å²) in [5.74, 6) is 0.217. The van der Waals surface area contributed by atoms with E-state index in [0.717, 1.165) is 16.8 Å². The van der Waals surface area contributed by atoms with E-state index in [1.54, 1.807) is 18.2 Å². The predicted octanol–water partition coefficient (Wildman–Crippen LogP) is 2.70. The van der Waals surface area contributed by atoms with Crippen LogP contribution < -0.4 is 10.2 Å². The maximum Gasteiger partial charge on any atom is 0.180 e. The lowest BCUT2D eigenvalue weighted by Crippen LogP contribution is -2.45. The van der Waals surface area contributed by atoms with Gasteiger partial charge in [-0.1, -0.05) is 12.1 Å². The molecule has 2 aromatic carbocycles. The molecule has 3 rings (SSSR count). The number of benzene rings is 2. The van der Waals surface area contributed by atoms with Crippen LogP contribution in [0.4, 0.5) is 5.69 Å². The predicted molar refractivity (Wildman–Crippen MR) is 100.0 cm³/mol. The van der Waals surface area contributed by atoms with Crippen LogP contribution >= 0.6 is 0 Å². The fourth-order valence-electron chi connectivity index (χ4n) is 3.32. The van der Waals surface area contributed by atoms with Crippen LogP contribution in [0.1, 0.15) is 31.0 Å². The molecular formula is C19H24N2O3S. The first-order valence-corrected chi connectivity index (χ1v) is 9.85. The van der Waals surface area contributed by atoms with Gasteiger partial charge in [0.1, 0.15) is 5.75 Å². The van der Waals surface area contributed by atoms with Crippen molar-refractivity contribution in [3.8, 4) is 5.75 Å². The van der Waals surface area contributed by atoms with Crippen molar-refractivity contribution in [3.05, 3.63) is 53.6 Å². The summed E-state index contributed by atoms with van der Waals surface area (Å²) < 4.78 is 25.9. The molecule has 0 spiro atoms. The Morgan fingerprint density at radius 2 is 1.76 bits per heavy atom. The van der Waals surface area contributed by atoms with Crippen molar-refractivity contribution < 1.29 is 13.5 Å². The number of fused-ring (bicyclic) bond motifs is 1. The number of anilines is 1. The van der Waals surface area contributed by atoms with E-state index >= 15 is 0 Å². The molecule has 0 amide bonds. The molecule has 1 atom stereocenters. The van der Waals surface area contributed by atoms with E-state index in [4.69, 9.17) is 0 Å². The number of nitrogens with one attached hydrogen (secondary N) is 1. The number of hydrogen-bond acceptors (Lipinski definition) is 5. The van der Waals surface area contributed by atoms with Crippen LogP contribution in [0.25, 0.3) is 0 Å². The summed E-state index contributed by atoms with van der Waals surface area (Å²) in [6.45, 7) is 3.80. The fourth-order valence-corrected chi connectivity index (χ4v) is 5.32. The number of aromatic hydroxyl groups is 1. The molecule has 0 radical (unpaired) electrons. The third-order valence-corrected chi connectivity index (χ3v) is 6.61. The molecule has 0 saturated carbocycles. The van der Waals surface area contributed by atoms with E-state index in [2.05, 4.69) is 5.32 Å². The molecule has 1 unspecified atom stereocenters. The van der Waals surface area contributed by atoms with Crippen molar-refractivity contribution in [1.29, 1.82) is 0 Å². The van der Waals surface area contributed by atoms with Gasteiger partial charge in [-0.3, -0.25) is 0 Å². The average molecular weight is 360 g/mol. The van der Waals surface area contributed by atoms with Gasteiger partial charge in [0.15, 0.2) is 9.84 Å². The molecule has 6 heteroatoms. The van der Waals surface area contributed by atoms with E-state index in [0.29, 0.717) is 4.90 Å². The molecular weight excluding hydrogens is 336 g/mol. The lowest BCUT2D eigenvalue weighted by atomic mass is 9.95. The quantitative estimate of drug-likeness (QED) is 0.862. The number of sulfone groups is 1. The Morgan fingerprint density at radius 1 is 1.12 bits per heavy atom. The van der Waals surface area contributed by atoms with Gasteiger partial charge in [-0.25, -0.2) is 8.42 Å². The Balaban J connectivity index is 2.26. The third kappa shape index (κ3) is 3.50. The van der Waals surface area contributed by atoms with Gasteiger partial charge < -0.3 is 15.3 Å². The van der Waals surface area contributed by atoms with Crippen molar-refractivity contribution >= 4 is 15.5 Å². The van der Waals surface area contributed by atoms with Crippen molar-refractivity contribution in [2.75, 3.05) is 24.7 Å². The van der Waals surface area contributed by atoms with Crippen molar-refractivity contribution in [1.82, 2.24) is 5.32 Å². The Hall–Kier alpha value is -2.05. The van der Waals surface area contributed by atoms with E-state index in [-0.39, 0.29) is 17.5 Å². The number of phenolic OH excluding ortho intramolecular Hbond substituents is 1. The average Bonchev–Trinajstić information content (AvgIpc) is 2.59. The molecule has 25 heavy (non-hydrogen) atoms. The monoisotopic (exact) mass is 360 g/mol. The molecule has 5 nitrogen and oxygen atoms in total. The van der Waals surface area contributed by atoms with Crippen LogP contribution in [0.2, 0.25) is 0 Å². The highest BCUT2D eigenvalue weighted by molar-refractivity contribution is 7.91. The Morgan fingerprint density at radius 3 is 2.36 bits per heavy atom. The van der Waals surface area contributed by atoms with E-state index < -0.39 is 15.4 Å². The minimum atomic E-state index is -3.41. The zero-order valence-electron chi connectivity index (χ0n) is 14.9. The summed E-state index contributed by atoms with van der Waals surface area (Å²) in [5, 5.41) is 13.1. The van der Waals surface area contributed by atoms with Gasteiger partial charge in [-0.05, 0) is 55.3 Å². The summed E-state index contributed by atoms with van der Waals surface area (Å²) in [6.07, 6.45) is 0. The summed E-state index contributed by atoms with van der Waals surface area (Å²) in [6, 6.07) is 12.1. The molecule has 2 N–H and O–H groups in total. The van der Waals surface area contributed by atoms with Gasteiger partial charge in [0.05, 0.1) is 16.7 Å². The smallest absolute Gasteiger partial charge is 0.180 e. The number of hydrogen-bond donors (Lipinski definition) is 2. The lowest BCUT2D eigenvalue weighted by molar-refractivity contribution is 0.396. The number of phenols is 1. The molecule has 0 aromatic heterocycles. The van der Waals surface area contributed by atoms with Crippen LogP contribution in [-0.2, 0) is 9.84 Å². The molecule has 1 aliphatic rings. The van der Waals surface area contributed by atoms with Crippen LogP contribution in [0, 0.1) is 0 Å². The Labute approximate surface area is 149 Å². The second-order valence-electron chi connectivity index (χ2n) is 7.43. The maximum absolute atomic E-state index is 12.9. The zero-order valence-corrected chi connectivity index (χ0v) is 15.8. The second-order valence-corrected chi connectivity index (χ2v) is 9.39. The van der Waals surface area contributed by atoms with Gasteiger partial charge in [0, 0.05) is 25.3 Å². The largest absolute Gasteiger partial charge is 0.508 e. The highest BCUT2D eigenvalue weighted by Gasteiger charge is 2.37. The first-order chi connectivity index (χ1) is 11.6. The summed E-state index contributed by atoms with van der Waals surface area (Å²) in [4.78, 5) is 2.32. The van der Waals surface area contributed by atoms with Crippen LogP contribution in [0.15, 0.2) is 47.4 Å². The molecule has 0 saturated heterocycles. The third-order valence-electron chi connectivity index (χ3n) is 4.47. The normalized spacial score (nSPS) is 21.2. The van der Waals surface area contributed by atoms with E-state index in [1.165, 1.54) is 0 Å². The number of rotatable bonds is 2. The number of nitrogens with zero attached hydrogens (tertiary/aromatic N) is 1. The molecule has 0 aliphatic carbocycles. The Kier molecular flexibility index (Phi) is 4.29. The molecule has 134 valence electrons.